The molecule has 1 aliphatic carbocycles. The van der Waals surface area contributed by atoms with E-state index in [1.807, 2.05) is 0 Å². The number of alkyl halides is 9. The van der Waals surface area contributed by atoms with Crippen molar-refractivity contribution in [3.05, 3.63) is 58.3 Å². The van der Waals surface area contributed by atoms with E-state index in [1.54, 1.807) is 6.92 Å². The molecule has 3 rings (SSSR count). The van der Waals surface area contributed by atoms with Crippen molar-refractivity contribution in [2.24, 2.45) is 5.92 Å². The SMILES string of the molecule is CCOC(=O)N1C2=CCC(C(F)(F)F)C=C2[C@@H](N(Cc2cc(C(F)(F)F)cc(C(F)(F)F)c2)C(=O)OC)C[C@H]1CC. The molecule has 3 atom stereocenters. The second kappa shape index (κ2) is 11.8. The molecule has 1 aliphatic heterocycles. The van der Waals surface area contributed by atoms with Gasteiger partial charge in [0.25, 0.3) is 0 Å². The third-order valence-corrected chi connectivity index (χ3v) is 6.86. The third kappa shape index (κ3) is 7.10. The predicted octanol–water partition coefficient (Wildman–Crippen LogP) is 7.69. The summed E-state index contributed by atoms with van der Waals surface area (Å²) >= 11 is 0. The van der Waals surface area contributed by atoms with Gasteiger partial charge in [-0.3, -0.25) is 9.80 Å². The quantitative estimate of drug-likeness (QED) is 0.324. The van der Waals surface area contributed by atoms with Gasteiger partial charge >= 0.3 is 30.7 Å². The maximum Gasteiger partial charge on any atom is 0.416 e. The predicted molar refractivity (Wildman–Crippen MR) is 126 cm³/mol. The zero-order valence-electron chi connectivity index (χ0n) is 22.1. The zero-order chi connectivity index (χ0) is 30.9. The van der Waals surface area contributed by atoms with Gasteiger partial charge in [0.05, 0.1) is 36.8 Å². The summed E-state index contributed by atoms with van der Waals surface area (Å²) in [6.45, 7) is 2.29. The molecule has 1 aromatic rings. The highest BCUT2D eigenvalue weighted by atomic mass is 19.4. The molecule has 0 spiro atoms. The van der Waals surface area contributed by atoms with Crippen LogP contribution >= 0.6 is 0 Å². The minimum atomic E-state index is -5.16. The summed E-state index contributed by atoms with van der Waals surface area (Å²) < 4.78 is 132. The van der Waals surface area contributed by atoms with Gasteiger partial charge in [-0.2, -0.15) is 39.5 Å². The van der Waals surface area contributed by atoms with Crippen molar-refractivity contribution in [2.75, 3.05) is 13.7 Å². The standard InChI is InChI=1S/C26H27F9N2O4/c1-4-18-12-21(19-11-15(24(27,28)29)6-7-20(19)37(18)23(39)41-5-2)36(22(38)40-3)13-14-8-16(25(30,31)32)10-17(9-14)26(33,34)35/h7-11,15,18,21H,4-6,12-13H2,1-3H3/t15?,18-,21+/m1/s1. The number of amides is 2. The van der Waals surface area contributed by atoms with E-state index in [1.165, 1.54) is 17.9 Å². The number of likely N-dealkylation sites (tertiary alicyclic amines) is 1. The number of benzene rings is 1. The molecule has 1 unspecified atom stereocenters. The minimum absolute atomic E-state index is 0.0148. The lowest BCUT2D eigenvalue weighted by molar-refractivity contribution is -0.160. The van der Waals surface area contributed by atoms with Crippen LogP contribution in [0.2, 0.25) is 0 Å². The van der Waals surface area contributed by atoms with Gasteiger partial charge in [0.1, 0.15) is 0 Å². The molecule has 1 fully saturated rings. The number of carbonyl (C=O) groups is 2. The third-order valence-electron chi connectivity index (χ3n) is 6.86. The Balaban J connectivity index is 2.17. The second-order valence-electron chi connectivity index (χ2n) is 9.49. The number of nitrogens with zero attached hydrogens (tertiary/aromatic N) is 2. The fourth-order valence-electron chi connectivity index (χ4n) is 4.97. The number of fused-ring (bicyclic) bond motifs is 1. The van der Waals surface area contributed by atoms with Crippen LogP contribution in [0.5, 0.6) is 0 Å². The smallest absolute Gasteiger partial charge is 0.416 e. The van der Waals surface area contributed by atoms with E-state index >= 15 is 0 Å². The maximum absolute atomic E-state index is 13.7. The number of piperidine rings is 1. The van der Waals surface area contributed by atoms with E-state index in [9.17, 15) is 49.1 Å². The highest BCUT2D eigenvalue weighted by Gasteiger charge is 2.47. The molecule has 6 nitrogen and oxygen atoms in total. The fourth-order valence-corrected chi connectivity index (χ4v) is 4.97. The largest absolute Gasteiger partial charge is 0.453 e. The minimum Gasteiger partial charge on any atom is -0.453 e. The number of methoxy groups -OCH3 is 1. The highest BCUT2D eigenvalue weighted by Crippen LogP contribution is 2.44. The van der Waals surface area contributed by atoms with Crippen molar-refractivity contribution < 1.29 is 58.6 Å². The van der Waals surface area contributed by atoms with Crippen molar-refractivity contribution >= 4 is 12.2 Å². The van der Waals surface area contributed by atoms with E-state index in [0.29, 0.717) is 12.1 Å². The highest BCUT2D eigenvalue weighted by molar-refractivity contribution is 5.74. The van der Waals surface area contributed by atoms with Gasteiger partial charge in [-0.15, -0.1) is 0 Å². The molecule has 0 radical (unpaired) electrons. The Morgan fingerprint density at radius 1 is 0.976 bits per heavy atom. The first-order chi connectivity index (χ1) is 18.9. The maximum atomic E-state index is 13.7. The van der Waals surface area contributed by atoms with Gasteiger partial charge in [-0.05, 0) is 55.5 Å². The van der Waals surface area contributed by atoms with Gasteiger partial charge in [0.15, 0.2) is 0 Å². The Morgan fingerprint density at radius 2 is 1.56 bits per heavy atom. The number of ether oxygens (including phenoxy) is 2. The molecule has 1 saturated heterocycles. The van der Waals surface area contributed by atoms with E-state index in [-0.39, 0.29) is 36.8 Å². The molecule has 0 saturated carbocycles. The number of hydrogen-bond donors (Lipinski definition) is 0. The molecule has 15 heteroatoms. The van der Waals surface area contributed by atoms with Crippen LogP contribution in [0.15, 0.2) is 41.6 Å². The van der Waals surface area contributed by atoms with Crippen LogP contribution in [-0.2, 0) is 28.4 Å². The van der Waals surface area contributed by atoms with Gasteiger partial charge in [0, 0.05) is 18.3 Å². The topological polar surface area (TPSA) is 59.1 Å². The van der Waals surface area contributed by atoms with Crippen molar-refractivity contribution in [3.63, 3.8) is 0 Å². The van der Waals surface area contributed by atoms with Gasteiger partial charge < -0.3 is 9.47 Å². The van der Waals surface area contributed by atoms with Crippen LogP contribution < -0.4 is 0 Å². The first-order valence-electron chi connectivity index (χ1n) is 12.5. The molecule has 0 N–H and O–H groups in total. The van der Waals surface area contributed by atoms with Crippen molar-refractivity contribution in [3.8, 4) is 0 Å². The van der Waals surface area contributed by atoms with E-state index in [4.69, 9.17) is 9.47 Å². The first-order valence-corrected chi connectivity index (χ1v) is 12.5. The normalized spacial score (nSPS) is 21.5. The molecular formula is C26H27F9N2O4. The summed E-state index contributed by atoms with van der Waals surface area (Å²) in [5, 5.41) is 0. The van der Waals surface area contributed by atoms with Gasteiger partial charge in [-0.1, -0.05) is 19.1 Å². The Morgan fingerprint density at radius 3 is 2.02 bits per heavy atom. The van der Waals surface area contributed by atoms with Gasteiger partial charge in [-0.25, -0.2) is 9.59 Å². The fraction of sp³-hybridized carbons (Fsp3) is 0.538. The molecule has 2 amide bonds. The van der Waals surface area contributed by atoms with Crippen LogP contribution in [0, 0.1) is 5.92 Å². The summed E-state index contributed by atoms with van der Waals surface area (Å²) in [6, 6.07) is -1.24. The number of rotatable bonds is 5. The summed E-state index contributed by atoms with van der Waals surface area (Å²) in [5.74, 6) is -2.02. The molecule has 0 aromatic heterocycles. The lowest BCUT2D eigenvalue weighted by Gasteiger charge is -2.46. The Hall–Kier alpha value is -3.39. The van der Waals surface area contributed by atoms with Crippen molar-refractivity contribution in [1.29, 1.82) is 0 Å². The zero-order valence-corrected chi connectivity index (χ0v) is 22.1. The monoisotopic (exact) mass is 602 g/mol. The number of halogens is 9. The number of hydrogen-bond acceptors (Lipinski definition) is 4. The Kier molecular flexibility index (Phi) is 9.28. The summed E-state index contributed by atoms with van der Waals surface area (Å²) in [5.41, 5.74) is -3.95. The van der Waals surface area contributed by atoms with Crippen LogP contribution in [0.25, 0.3) is 0 Å². The van der Waals surface area contributed by atoms with E-state index in [2.05, 4.69) is 0 Å². The summed E-state index contributed by atoms with van der Waals surface area (Å²) in [4.78, 5) is 27.7. The molecule has 2 aliphatic rings. The Bertz CT molecular complexity index is 1170. The molecule has 228 valence electrons. The molecule has 1 aromatic carbocycles. The second-order valence-corrected chi connectivity index (χ2v) is 9.49. The van der Waals surface area contributed by atoms with Crippen LogP contribution in [-0.4, -0.2) is 54.0 Å². The van der Waals surface area contributed by atoms with Crippen molar-refractivity contribution in [1.82, 2.24) is 9.80 Å². The molecule has 0 bridgehead atoms. The first kappa shape index (κ1) is 32.1. The number of allylic oxidation sites excluding steroid dienone is 2. The molecule has 1 heterocycles. The van der Waals surface area contributed by atoms with Crippen LogP contribution in [0.3, 0.4) is 0 Å². The van der Waals surface area contributed by atoms with E-state index < -0.39 is 78.4 Å². The van der Waals surface area contributed by atoms with Crippen LogP contribution in [0.1, 0.15) is 49.8 Å². The average molecular weight is 602 g/mol. The Labute approximate surface area is 229 Å². The van der Waals surface area contributed by atoms with Crippen molar-refractivity contribution in [2.45, 2.75) is 70.3 Å². The lowest BCUT2D eigenvalue weighted by Crippen LogP contribution is -2.54. The average Bonchev–Trinajstić information content (AvgIpc) is 2.88. The molecular weight excluding hydrogens is 575 g/mol. The van der Waals surface area contributed by atoms with Crippen LogP contribution in [0.4, 0.5) is 49.1 Å². The lowest BCUT2D eigenvalue weighted by atomic mass is 9.81. The van der Waals surface area contributed by atoms with E-state index in [0.717, 1.165) is 18.1 Å². The summed E-state index contributed by atoms with van der Waals surface area (Å²) in [7, 11) is 0.915. The summed E-state index contributed by atoms with van der Waals surface area (Å²) in [6.07, 6.45) is -15.6. The molecule has 41 heavy (non-hydrogen) atoms. The van der Waals surface area contributed by atoms with Gasteiger partial charge in [0.2, 0.25) is 0 Å². The number of carbonyl (C=O) groups excluding carboxylic acids is 2.